The minimum absolute atomic E-state index is 0.363. The number of hydrogen-bond acceptors (Lipinski definition) is 3. The molecule has 0 amide bonds. The monoisotopic (exact) mass is 211 g/mol. The molecule has 4 heteroatoms. The van der Waals surface area contributed by atoms with Gasteiger partial charge in [0.2, 0.25) is 0 Å². The van der Waals surface area contributed by atoms with Gasteiger partial charge in [0.1, 0.15) is 6.07 Å². The van der Waals surface area contributed by atoms with Crippen LogP contribution in [0.2, 0.25) is 0 Å². The first kappa shape index (κ1) is 10.1. The van der Waals surface area contributed by atoms with Crippen LogP contribution in [0, 0.1) is 11.3 Å². The minimum Gasteiger partial charge on any atom is -0.301 e. The van der Waals surface area contributed by atoms with E-state index in [1.807, 2.05) is 36.4 Å². The zero-order chi connectivity index (χ0) is 11.5. The van der Waals surface area contributed by atoms with E-state index in [1.54, 1.807) is 7.05 Å². The summed E-state index contributed by atoms with van der Waals surface area (Å²) in [4.78, 5) is 15.3. The van der Waals surface area contributed by atoms with Crippen LogP contribution in [0.15, 0.2) is 41.3 Å². The summed E-state index contributed by atoms with van der Waals surface area (Å²) in [6, 6.07) is 11.2. The lowest BCUT2D eigenvalue weighted by molar-refractivity contribution is 0.809. The van der Waals surface area contributed by atoms with Crippen molar-refractivity contribution in [2.24, 2.45) is 7.05 Å². The van der Waals surface area contributed by atoms with Crippen LogP contribution in [-0.2, 0) is 7.05 Å². The lowest BCUT2D eigenvalue weighted by Gasteiger charge is -2.04. The van der Waals surface area contributed by atoms with E-state index in [-0.39, 0.29) is 5.69 Å². The number of benzene rings is 1. The maximum absolute atomic E-state index is 11.4. The fraction of sp³-hybridized carbons (Fsp3) is 0.0833. The van der Waals surface area contributed by atoms with Crippen molar-refractivity contribution in [3.05, 3.63) is 52.6 Å². The predicted octanol–water partition coefficient (Wildman–Crippen LogP) is 1.32. The van der Waals surface area contributed by atoms with Gasteiger partial charge in [-0.1, -0.05) is 30.3 Å². The molecule has 0 aliphatic heterocycles. The van der Waals surface area contributed by atoms with Gasteiger partial charge in [-0.3, -0.25) is 0 Å². The Balaban J connectivity index is 2.71. The van der Waals surface area contributed by atoms with Gasteiger partial charge in [0, 0.05) is 18.8 Å². The number of aromatic nitrogens is 2. The Kier molecular flexibility index (Phi) is 2.52. The Morgan fingerprint density at radius 3 is 2.62 bits per heavy atom. The third-order valence-corrected chi connectivity index (χ3v) is 2.25. The largest absolute Gasteiger partial charge is 0.347 e. The molecule has 2 aromatic rings. The lowest BCUT2D eigenvalue weighted by atomic mass is 10.1. The van der Waals surface area contributed by atoms with E-state index in [2.05, 4.69) is 4.98 Å². The molecule has 0 bridgehead atoms. The smallest absolute Gasteiger partial charge is 0.301 e. The molecular weight excluding hydrogens is 202 g/mol. The molecule has 16 heavy (non-hydrogen) atoms. The SMILES string of the molecule is Cn1cc(C#N)c(-c2ccccc2)nc1=O. The highest BCUT2D eigenvalue weighted by Crippen LogP contribution is 2.18. The predicted molar refractivity (Wildman–Crippen MR) is 59.6 cm³/mol. The molecular formula is C12H9N3O. The summed E-state index contributed by atoms with van der Waals surface area (Å²) >= 11 is 0. The topological polar surface area (TPSA) is 58.7 Å². The quantitative estimate of drug-likeness (QED) is 0.714. The van der Waals surface area contributed by atoms with E-state index in [0.29, 0.717) is 11.3 Å². The average molecular weight is 211 g/mol. The van der Waals surface area contributed by atoms with Gasteiger partial charge in [-0.25, -0.2) is 4.79 Å². The van der Waals surface area contributed by atoms with Crippen LogP contribution < -0.4 is 5.69 Å². The van der Waals surface area contributed by atoms with Crippen molar-refractivity contribution in [3.63, 3.8) is 0 Å². The number of nitriles is 1. The molecule has 1 heterocycles. The molecule has 2 rings (SSSR count). The van der Waals surface area contributed by atoms with E-state index in [1.165, 1.54) is 10.8 Å². The summed E-state index contributed by atoms with van der Waals surface area (Å²) in [5, 5.41) is 8.99. The summed E-state index contributed by atoms with van der Waals surface area (Å²) < 4.78 is 1.30. The normalized spacial score (nSPS) is 9.75. The molecule has 0 radical (unpaired) electrons. The van der Waals surface area contributed by atoms with E-state index < -0.39 is 0 Å². The molecule has 0 aliphatic carbocycles. The molecule has 0 spiro atoms. The van der Waals surface area contributed by atoms with E-state index in [9.17, 15) is 4.79 Å². The molecule has 0 unspecified atom stereocenters. The van der Waals surface area contributed by atoms with Crippen molar-refractivity contribution in [1.82, 2.24) is 9.55 Å². The average Bonchev–Trinajstić information content (AvgIpc) is 2.33. The van der Waals surface area contributed by atoms with Gasteiger partial charge < -0.3 is 4.57 Å². The van der Waals surface area contributed by atoms with Gasteiger partial charge >= 0.3 is 5.69 Å². The second kappa shape index (κ2) is 3.99. The molecule has 0 saturated heterocycles. The number of rotatable bonds is 1. The zero-order valence-electron chi connectivity index (χ0n) is 8.71. The number of nitrogens with zero attached hydrogens (tertiary/aromatic N) is 3. The third-order valence-electron chi connectivity index (χ3n) is 2.25. The number of hydrogen-bond donors (Lipinski definition) is 0. The molecule has 0 aliphatic rings. The zero-order valence-corrected chi connectivity index (χ0v) is 8.71. The Bertz CT molecular complexity index is 608. The highest BCUT2D eigenvalue weighted by atomic mass is 16.1. The molecule has 4 nitrogen and oxygen atoms in total. The summed E-state index contributed by atoms with van der Waals surface area (Å²) in [5.74, 6) is 0. The standard InChI is InChI=1S/C12H9N3O/c1-15-8-10(7-13)11(14-12(15)16)9-5-3-2-4-6-9/h2-6,8H,1H3. The summed E-state index contributed by atoms with van der Waals surface area (Å²) in [6.07, 6.45) is 1.50. The highest BCUT2D eigenvalue weighted by molar-refractivity contribution is 5.65. The molecule has 0 atom stereocenters. The third kappa shape index (κ3) is 1.71. The summed E-state index contributed by atoms with van der Waals surface area (Å²) in [6.45, 7) is 0. The minimum atomic E-state index is -0.363. The van der Waals surface area contributed by atoms with Gasteiger partial charge in [0.25, 0.3) is 0 Å². The van der Waals surface area contributed by atoms with Gasteiger partial charge in [0.05, 0.1) is 11.3 Å². The summed E-state index contributed by atoms with van der Waals surface area (Å²) in [5.41, 5.74) is 1.24. The van der Waals surface area contributed by atoms with Gasteiger partial charge in [-0.2, -0.15) is 10.2 Å². The highest BCUT2D eigenvalue weighted by Gasteiger charge is 2.08. The van der Waals surface area contributed by atoms with Crippen molar-refractivity contribution in [2.45, 2.75) is 0 Å². The van der Waals surface area contributed by atoms with Crippen LogP contribution in [0.5, 0.6) is 0 Å². The molecule has 0 N–H and O–H groups in total. The Morgan fingerprint density at radius 2 is 2.00 bits per heavy atom. The summed E-state index contributed by atoms with van der Waals surface area (Å²) in [7, 11) is 1.57. The lowest BCUT2D eigenvalue weighted by Crippen LogP contribution is -2.20. The van der Waals surface area contributed by atoms with Crippen molar-refractivity contribution in [1.29, 1.82) is 5.26 Å². The second-order valence-corrected chi connectivity index (χ2v) is 3.37. The first-order valence-electron chi connectivity index (χ1n) is 4.75. The Hall–Kier alpha value is -2.41. The van der Waals surface area contributed by atoms with Crippen molar-refractivity contribution in [2.75, 3.05) is 0 Å². The molecule has 0 fully saturated rings. The van der Waals surface area contributed by atoms with Crippen molar-refractivity contribution >= 4 is 0 Å². The second-order valence-electron chi connectivity index (χ2n) is 3.37. The van der Waals surface area contributed by atoms with Gasteiger partial charge in [0.15, 0.2) is 0 Å². The van der Waals surface area contributed by atoms with Crippen LogP contribution in [0.25, 0.3) is 11.3 Å². The van der Waals surface area contributed by atoms with E-state index in [4.69, 9.17) is 5.26 Å². The Labute approximate surface area is 92.4 Å². The van der Waals surface area contributed by atoms with Crippen LogP contribution in [0.3, 0.4) is 0 Å². The molecule has 1 aromatic carbocycles. The van der Waals surface area contributed by atoms with Crippen molar-refractivity contribution < 1.29 is 0 Å². The maximum Gasteiger partial charge on any atom is 0.347 e. The fourth-order valence-corrected chi connectivity index (χ4v) is 1.44. The van der Waals surface area contributed by atoms with E-state index in [0.717, 1.165) is 5.56 Å². The number of aryl methyl sites for hydroxylation is 1. The molecule has 0 saturated carbocycles. The molecule has 1 aromatic heterocycles. The van der Waals surface area contributed by atoms with Crippen LogP contribution >= 0.6 is 0 Å². The van der Waals surface area contributed by atoms with Crippen LogP contribution in [0.1, 0.15) is 5.56 Å². The fourth-order valence-electron chi connectivity index (χ4n) is 1.44. The van der Waals surface area contributed by atoms with Crippen LogP contribution in [-0.4, -0.2) is 9.55 Å². The van der Waals surface area contributed by atoms with E-state index >= 15 is 0 Å². The van der Waals surface area contributed by atoms with Gasteiger partial charge in [-0.15, -0.1) is 0 Å². The Morgan fingerprint density at radius 1 is 1.31 bits per heavy atom. The first-order valence-corrected chi connectivity index (χ1v) is 4.75. The van der Waals surface area contributed by atoms with Gasteiger partial charge in [-0.05, 0) is 0 Å². The molecule has 78 valence electrons. The van der Waals surface area contributed by atoms with Crippen LogP contribution in [0.4, 0.5) is 0 Å². The first-order chi connectivity index (χ1) is 7.72. The van der Waals surface area contributed by atoms with Crippen molar-refractivity contribution in [3.8, 4) is 17.3 Å². The maximum atomic E-state index is 11.4.